The molecule has 0 atom stereocenters. The quantitative estimate of drug-likeness (QED) is 0.345. The molecule has 0 radical (unpaired) electrons. The Morgan fingerprint density at radius 3 is 2.59 bits per heavy atom. The van der Waals surface area contributed by atoms with Gasteiger partial charge in [0, 0.05) is 41.0 Å². The van der Waals surface area contributed by atoms with Gasteiger partial charge in [-0.05, 0) is 44.5 Å². The van der Waals surface area contributed by atoms with E-state index >= 15 is 0 Å². The number of nitrogens with zero attached hydrogens (tertiary/aromatic N) is 1. The summed E-state index contributed by atoms with van der Waals surface area (Å²) in [4.78, 5) is 35.6. The molecule has 2 aromatic heterocycles. The van der Waals surface area contributed by atoms with E-state index in [1.165, 1.54) is 13.2 Å². The average molecular weight is 397 g/mol. The topological polar surface area (TPSA) is 87.7 Å². The maximum absolute atomic E-state index is 12.7. The first-order valence-corrected chi connectivity index (χ1v) is 9.24. The van der Waals surface area contributed by atoms with E-state index in [9.17, 15) is 14.4 Å². The molecule has 3 aromatic rings. The number of carbonyl (C=O) groups is 2. The van der Waals surface area contributed by atoms with Crippen molar-refractivity contribution in [1.82, 2.24) is 4.57 Å². The van der Waals surface area contributed by atoms with Crippen LogP contribution in [0.1, 0.15) is 33.7 Å². The zero-order valence-corrected chi connectivity index (χ0v) is 16.9. The highest BCUT2D eigenvalue weighted by Gasteiger charge is 2.17. The van der Waals surface area contributed by atoms with Crippen molar-refractivity contribution < 1.29 is 23.5 Å². The van der Waals surface area contributed by atoms with Crippen molar-refractivity contribution in [2.75, 3.05) is 13.7 Å². The van der Waals surface area contributed by atoms with E-state index in [2.05, 4.69) is 4.74 Å². The highest BCUT2D eigenvalue weighted by Crippen LogP contribution is 2.23. The Labute approximate surface area is 167 Å². The monoisotopic (exact) mass is 397 g/mol. The molecule has 0 aliphatic heterocycles. The van der Waals surface area contributed by atoms with Crippen LogP contribution in [0.3, 0.4) is 0 Å². The molecule has 29 heavy (non-hydrogen) atoms. The Morgan fingerprint density at radius 1 is 1.10 bits per heavy atom. The standard InChI is InChI=1S/C22H23NO6/c1-13-9-22(26)29-20-11-16(5-6-17(13)20)28-12-19(24)18-10-14(2)23(15(18)3)8-7-21(25)27-4/h5-6,9-11H,7-8,12H2,1-4H3. The minimum atomic E-state index is -0.428. The van der Waals surface area contributed by atoms with Crippen LogP contribution in [0.5, 0.6) is 5.75 Å². The molecule has 0 aliphatic carbocycles. The third-order valence-electron chi connectivity index (χ3n) is 4.93. The number of hydrogen-bond donors (Lipinski definition) is 0. The van der Waals surface area contributed by atoms with Gasteiger partial charge in [0.2, 0.25) is 5.78 Å². The number of Topliss-reactive ketones (excluding diaryl/α,β-unsaturated/α-hetero) is 1. The molecule has 0 fully saturated rings. The van der Waals surface area contributed by atoms with E-state index in [4.69, 9.17) is 9.15 Å². The van der Waals surface area contributed by atoms with Crippen molar-refractivity contribution in [3.8, 4) is 5.75 Å². The Balaban J connectivity index is 1.73. The van der Waals surface area contributed by atoms with Crippen LogP contribution in [0.25, 0.3) is 11.0 Å². The van der Waals surface area contributed by atoms with Gasteiger partial charge in [0.05, 0.1) is 13.5 Å². The summed E-state index contributed by atoms with van der Waals surface area (Å²) in [6.45, 7) is 5.85. The van der Waals surface area contributed by atoms with Crippen molar-refractivity contribution in [3.05, 3.63) is 63.3 Å². The number of aryl methyl sites for hydroxylation is 2. The first-order chi connectivity index (χ1) is 13.8. The first-order valence-electron chi connectivity index (χ1n) is 9.24. The second-order valence-electron chi connectivity index (χ2n) is 6.88. The van der Waals surface area contributed by atoms with E-state index in [0.717, 1.165) is 22.3 Å². The van der Waals surface area contributed by atoms with Gasteiger partial charge >= 0.3 is 11.6 Å². The summed E-state index contributed by atoms with van der Waals surface area (Å²) in [6.07, 6.45) is 0.235. The van der Waals surface area contributed by atoms with E-state index < -0.39 is 5.63 Å². The van der Waals surface area contributed by atoms with E-state index in [-0.39, 0.29) is 24.8 Å². The number of methoxy groups -OCH3 is 1. The van der Waals surface area contributed by atoms with Gasteiger partial charge in [0.1, 0.15) is 11.3 Å². The largest absolute Gasteiger partial charge is 0.485 e. The molecule has 0 amide bonds. The highest BCUT2D eigenvalue weighted by molar-refractivity contribution is 5.98. The molecule has 0 unspecified atom stereocenters. The van der Waals surface area contributed by atoms with E-state index in [1.54, 1.807) is 24.3 Å². The molecule has 0 saturated heterocycles. The molecule has 0 N–H and O–H groups in total. The molecule has 7 heteroatoms. The molecule has 0 bridgehead atoms. The van der Waals surface area contributed by atoms with Crippen LogP contribution >= 0.6 is 0 Å². The molecule has 0 spiro atoms. The molecule has 1 aromatic carbocycles. The van der Waals surface area contributed by atoms with Crippen LogP contribution < -0.4 is 10.4 Å². The number of esters is 1. The van der Waals surface area contributed by atoms with Crippen LogP contribution in [0, 0.1) is 20.8 Å². The van der Waals surface area contributed by atoms with Gasteiger partial charge in [-0.1, -0.05) is 0 Å². The lowest BCUT2D eigenvalue weighted by molar-refractivity contribution is -0.140. The van der Waals surface area contributed by atoms with Crippen LogP contribution in [0.2, 0.25) is 0 Å². The predicted octanol–water partition coefficient (Wildman–Crippen LogP) is 3.34. The minimum Gasteiger partial charge on any atom is -0.485 e. The lowest BCUT2D eigenvalue weighted by Crippen LogP contribution is -2.14. The van der Waals surface area contributed by atoms with Gasteiger partial charge in [-0.25, -0.2) is 4.79 Å². The van der Waals surface area contributed by atoms with Gasteiger partial charge < -0.3 is 18.5 Å². The smallest absolute Gasteiger partial charge is 0.336 e. The van der Waals surface area contributed by atoms with Crippen molar-refractivity contribution in [1.29, 1.82) is 0 Å². The number of ether oxygens (including phenoxy) is 2. The fourth-order valence-electron chi connectivity index (χ4n) is 3.35. The van der Waals surface area contributed by atoms with Gasteiger partial charge in [0.25, 0.3) is 0 Å². The number of ketones is 1. The molecule has 0 saturated carbocycles. The van der Waals surface area contributed by atoms with Crippen molar-refractivity contribution >= 4 is 22.7 Å². The Bertz CT molecular complexity index is 1140. The summed E-state index contributed by atoms with van der Waals surface area (Å²) in [7, 11) is 1.35. The second-order valence-corrected chi connectivity index (χ2v) is 6.88. The number of benzene rings is 1. The maximum Gasteiger partial charge on any atom is 0.336 e. The molecule has 152 valence electrons. The molecular formula is C22H23NO6. The summed E-state index contributed by atoms with van der Waals surface area (Å²) < 4.78 is 17.4. The first kappa shape index (κ1) is 20.4. The number of rotatable bonds is 7. The van der Waals surface area contributed by atoms with E-state index in [1.807, 2.05) is 25.3 Å². The van der Waals surface area contributed by atoms with Gasteiger partial charge in [-0.15, -0.1) is 0 Å². The Morgan fingerprint density at radius 2 is 1.86 bits per heavy atom. The lowest BCUT2D eigenvalue weighted by atomic mass is 10.1. The highest BCUT2D eigenvalue weighted by atomic mass is 16.5. The summed E-state index contributed by atoms with van der Waals surface area (Å²) in [5.41, 5.74) is 3.02. The Kier molecular flexibility index (Phi) is 5.87. The van der Waals surface area contributed by atoms with Gasteiger partial charge in [-0.2, -0.15) is 0 Å². The van der Waals surface area contributed by atoms with E-state index in [0.29, 0.717) is 23.4 Å². The fourth-order valence-corrected chi connectivity index (χ4v) is 3.35. The van der Waals surface area contributed by atoms with Crippen LogP contribution in [0.15, 0.2) is 39.5 Å². The van der Waals surface area contributed by atoms with Crippen LogP contribution in [-0.2, 0) is 16.1 Å². The van der Waals surface area contributed by atoms with Crippen LogP contribution in [0.4, 0.5) is 0 Å². The summed E-state index contributed by atoms with van der Waals surface area (Å²) in [5.74, 6) is -0.0285. The predicted molar refractivity (Wildman–Crippen MR) is 108 cm³/mol. The molecule has 7 nitrogen and oxygen atoms in total. The van der Waals surface area contributed by atoms with Crippen molar-refractivity contribution in [2.24, 2.45) is 0 Å². The third kappa shape index (κ3) is 4.39. The number of carbonyl (C=O) groups excluding carboxylic acids is 2. The lowest BCUT2D eigenvalue weighted by Gasteiger charge is -2.09. The SMILES string of the molecule is COC(=O)CCn1c(C)cc(C(=O)COc2ccc3c(C)cc(=O)oc3c2)c1C. The average Bonchev–Trinajstić information content (AvgIpc) is 2.97. The van der Waals surface area contributed by atoms with Crippen molar-refractivity contribution in [3.63, 3.8) is 0 Å². The zero-order chi connectivity index (χ0) is 21.1. The van der Waals surface area contributed by atoms with Crippen LogP contribution in [-0.4, -0.2) is 30.0 Å². The summed E-state index contributed by atoms with van der Waals surface area (Å²) in [6, 6.07) is 8.37. The minimum absolute atomic E-state index is 0.150. The number of hydrogen-bond acceptors (Lipinski definition) is 6. The molecule has 0 aliphatic rings. The van der Waals surface area contributed by atoms with Gasteiger partial charge in [0.15, 0.2) is 6.61 Å². The number of fused-ring (bicyclic) bond motifs is 1. The third-order valence-corrected chi connectivity index (χ3v) is 4.93. The van der Waals surface area contributed by atoms with Crippen molar-refractivity contribution in [2.45, 2.75) is 33.7 Å². The zero-order valence-electron chi connectivity index (χ0n) is 16.9. The fraction of sp³-hybridized carbons (Fsp3) is 0.318. The normalized spacial score (nSPS) is 10.9. The summed E-state index contributed by atoms with van der Waals surface area (Å²) in [5, 5.41) is 0.817. The molecular weight excluding hydrogens is 374 g/mol. The van der Waals surface area contributed by atoms with Gasteiger partial charge in [-0.3, -0.25) is 9.59 Å². The molecule has 3 rings (SSSR count). The molecule has 2 heterocycles. The number of aromatic nitrogens is 1. The summed E-state index contributed by atoms with van der Waals surface area (Å²) >= 11 is 0. The Hall–Kier alpha value is -3.35. The maximum atomic E-state index is 12.7. The second kappa shape index (κ2) is 8.34.